The highest BCUT2D eigenvalue weighted by Crippen LogP contribution is 2.36. The van der Waals surface area contributed by atoms with Gasteiger partial charge in [-0.15, -0.1) is 10.2 Å². The van der Waals surface area contributed by atoms with E-state index in [9.17, 15) is 31.1 Å². The molecule has 5 nitrogen and oxygen atoms in total. The Bertz CT molecular complexity index is 1060. The first-order valence-electron chi connectivity index (χ1n) is 9.15. The predicted molar refractivity (Wildman–Crippen MR) is 103 cm³/mol. The van der Waals surface area contributed by atoms with E-state index in [0.29, 0.717) is 35.9 Å². The van der Waals surface area contributed by atoms with E-state index in [-0.39, 0.29) is 11.8 Å². The average Bonchev–Trinajstić information content (AvgIpc) is 2.73. The minimum Gasteiger partial charge on any atom is -0.477 e. The summed E-state index contributed by atoms with van der Waals surface area (Å²) in [4.78, 5) is 12.3. The molecule has 11 heteroatoms. The monoisotopic (exact) mass is 455 g/mol. The van der Waals surface area contributed by atoms with Crippen LogP contribution >= 0.6 is 0 Å². The Morgan fingerprint density at radius 2 is 1.47 bits per heavy atom. The fourth-order valence-electron chi connectivity index (χ4n) is 2.71. The minimum atomic E-state index is -5.04. The zero-order valence-corrected chi connectivity index (χ0v) is 16.4. The first-order valence-corrected chi connectivity index (χ1v) is 9.15. The maximum atomic E-state index is 13.0. The third-order valence-corrected chi connectivity index (χ3v) is 4.22. The number of aromatic nitrogens is 2. The van der Waals surface area contributed by atoms with E-state index >= 15 is 0 Å². The molecule has 2 aromatic carbocycles. The Labute approximate surface area is 178 Å². The quantitative estimate of drug-likeness (QED) is 0.492. The van der Waals surface area contributed by atoms with Crippen molar-refractivity contribution in [2.75, 3.05) is 11.9 Å². The van der Waals surface area contributed by atoms with Crippen LogP contribution in [0.5, 0.6) is 5.88 Å². The molecule has 0 saturated carbocycles. The maximum absolute atomic E-state index is 13.0. The molecule has 1 heterocycles. The highest BCUT2D eigenvalue weighted by Gasteiger charge is 2.37. The Morgan fingerprint density at radius 1 is 0.875 bits per heavy atom. The lowest BCUT2D eigenvalue weighted by Crippen LogP contribution is -2.17. The van der Waals surface area contributed by atoms with Crippen molar-refractivity contribution in [2.45, 2.75) is 19.3 Å². The maximum Gasteiger partial charge on any atom is 0.416 e. The summed E-state index contributed by atoms with van der Waals surface area (Å²) >= 11 is 0. The van der Waals surface area contributed by atoms with Crippen LogP contribution in [-0.2, 0) is 12.4 Å². The summed E-state index contributed by atoms with van der Waals surface area (Å²) in [7, 11) is 0. The SMILES string of the molecule is CCOc1ccc(-c2ccc(NC(=O)c3cc(C(F)(F)F)cc(C(F)(F)F)c3)cc2)nn1. The number of carbonyl (C=O) groups is 1. The number of carbonyl (C=O) groups excluding carboxylic acids is 1. The fraction of sp³-hybridized carbons (Fsp3) is 0.190. The smallest absolute Gasteiger partial charge is 0.416 e. The molecule has 168 valence electrons. The number of hydrogen-bond acceptors (Lipinski definition) is 4. The van der Waals surface area contributed by atoms with Crippen molar-refractivity contribution < 1.29 is 35.9 Å². The number of nitrogens with one attached hydrogen (secondary N) is 1. The van der Waals surface area contributed by atoms with Gasteiger partial charge >= 0.3 is 12.4 Å². The number of rotatable bonds is 5. The van der Waals surface area contributed by atoms with E-state index in [1.807, 2.05) is 0 Å². The molecule has 0 bridgehead atoms. The second kappa shape index (κ2) is 8.85. The van der Waals surface area contributed by atoms with Gasteiger partial charge in [-0.05, 0) is 43.3 Å². The molecule has 1 N–H and O–H groups in total. The molecule has 0 spiro atoms. The number of nitrogens with zero attached hydrogens (tertiary/aromatic N) is 2. The van der Waals surface area contributed by atoms with Gasteiger partial charge in [0.25, 0.3) is 5.91 Å². The number of benzene rings is 2. The molecule has 0 unspecified atom stereocenters. The Hall–Kier alpha value is -3.63. The molecule has 3 rings (SSSR count). The van der Waals surface area contributed by atoms with Gasteiger partial charge in [0.1, 0.15) is 0 Å². The van der Waals surface area contributed by atoms with Crippen molar-refractivity contribution in [3.63, 3.8) is 0 Å². The summed E-state index contributed by atoms with van der Waals surface area (Å²) in [5.74, 6) is -0.769. The zero-order valence-electron chi connectivity index (χ0n) is 16.4. The third-order valence-electron chi connectivity index (χ3n) is 4.22. The summed E-state index contributed by atoms with van der Waals surface area (Å²) in [6.07, 6.45) is -10.1. The van der Waals surface area contributed by atoms with Crippen LogP contribution in [0.2, 0.25) is 0 Å². The van der Waals surface area contributed by atoms with E-state index < -0.39 is 35.0 Å². The highest BCUT2D eigenvalue weighted by atomic mass is 19.4. The van der Waals surface area contributed by atoms with Crippen LogP contribution in [0.1, 0.15) is 28.4 Å². The lowest BCUT2D eigenvalue weighted by atomic mass is 10.0. The molecule has 0 radical (unpaired) electrons. The third kappa shape index (κ3) is 5.54. The molecule has 0 aliphatic heterocycles. The Balaban J connectivity index is 1.81. The van der Waals surface area contributed by atoms with Crippen LogP contribution in [-0.4, -0.2) is 22.7 Å². The summed E-state index contributed by atoms with van der Waals surface area (Å²) in [6, 6.07) is 9.97. The van der Waals surface area contributed by atoms with Crippen LogP contribution in [0.15, 0.2) is 54.6 Å². The molecular weight excluding hydrogens is 440 g/mol. The standard InChI is InChI=1S/C21H15F6N3O2/c1-2-32-18-8-7-17(29-30-18)12-3-5-16(6-4-12)28-19(31)13-9-14(20(22,23)24)11-15(10-13)21(25,26)27/h3-11H,2H2,1H3,(H,28,31). The fourth-order valence-corrected chi connectivity index (χ4v) is 2.71. The lowest BCUT2D eigenvalue weighted by molar-refractivity contribution is -0.143. The van der Waals surface area contributed by atoms with E-state index in [1.54, 1.807) is 31.2 Å². The molecule has 3 aromatic rings. The molecule has 32 heavy (non-hydrogen) atoms. The molecule has 0 fully saturated rings. The topological polar surface area (TPSA) is 64.1 Å². The molecule has 0 aliphatic rings. The van der Waals surface area contributed by atoms with E-state index in [1.165, 1.54) is 12.1 Å². The van der Waals surface area contributed by atoms with Crippen LogP contribution < -0.4 is 10.1 Å². The van der Waals surface area contributed by atoms with Crippen LogP contribution in [0.3, 0.4) is 0 Å². The molecule has 0 saturated heterocycles. The average molecular weight is 455 g/mol. The van der Waals surface area contributed by atoms with Crippen molar-refractivity contribution >= 4 is 11.6 Å². The second-order valence-corrected chi connectivity index (χ2v) is 6.52. The normalized spacial score (nSPS) is 11.8. The second-order valence-electron chi connectivity index (χ2n) is 6.52. The Morgan fingerprint density at radius 3 is 1.94 bits per heavy atom. The minimum absolute atomic E-state index is 0.0383. The van der Waals surface area contributed by atoms with Crippen molar-refractivity contribution in [1.82, 2.24) is 10.2 Å². The number of halogens is 6. The summed E-state index contributed by atoms with van der Waals surface area (Å²) in [6.45, 7) is 2.23. The number of hydrogen-bond donors (Lipinski definition) is 1. The molecule has 0 atom stereocenters. The van der Waals surface area contributed by atoms with Gasteiger partial charge in [-0.3, -0.25) is 4.79 Å². The van der Waals surface area contributed by atoms with Crippen LogP contribution in [0.25, 0.3) is 11.3 Å². The Kier molecular flexibility index (Phi) is 6.37. The summed E-state index contributed by atoms with van der Waals surface area (Å²) < 4.78 is 83.1. The van der Waals surface area contributed by atoms with Gasteiger partial charge in [-0.2, -0.15) is 26.3 Å². The van der Waals surface area contributed by atoms with Crippen LogP contribution in [0, 0.1) is 0 Å². The molecule has 0 aliphatic carbocycles. The van der Waals surface area contributed by atoms with Crippen molar-refractivity contribution in [3.8, 4) is 17.1 Å². The van der Waals surface area contributed by atoms with Crippen LogP contribution in [0.4, 0.5) is 32.0 Å². The predicted octanol–water partition coefficient (Wildman–Crippen LogP) is 5.83. The lowest BCUT2D eigenvalue weighted by Gasteiger charge is -2.14. The van der Waals surface area contributed by atoms with Gasteiger partial charge in [0.15, 0.2) is 0 Å². The summed E-state index contributed by atoms with van der Waals surface area (Å²) in [5, 5.41) is 10.2. The number of amides is 1. The largest absolute Gasteiger partial charge is 0.477 e. The van der Waals surface area contributed by atoms with Gasteiger partial charge in [0.05, 0.1) is 23.4 Å². The molecule has 1 amide bonds. The van der Waals surface area contributed by atoms with Gasteiger partial charge in [-0.1, -0.05) is 12.1 Å². The first-order chi connectivity index (χ1) is 15.0. The molecule has 1 aromatic heterocycles. The van der Waals surface area contributed by atoms with E-state index in [0.717, 1.165) is 0 Å². The van der Waals surface area contributed by atoms with Gasteiger partial charge in [-0.25, -0.2) is 0 Å². The van der Waals surface area contributed by atoms with Gasteiger partial charge in [0, 0.05) is 22.9 Å². The summed E-state index contributed by atoms with van der Waals surface area (Å²) in [5.41, 5.74) is -2.61. The number of anilines is 1. The van der Waals surface area contributed by atoms with E-state index in [4.69, 9.17) is 4.74 Å². The van der Waals surface area contributed by atoms with Crippen molar-refractivity contribution in [2.24, 2.45) is 0 Å². The molecular formula is C21H15F6N3O2. The van der Waals surface area contributed by atoms with Gasteiger partial charge in [0.2, 0.25) is 5.88 Å². The first kappa shape index (κ1) is 23.0. The van der Waals surface area contributed by atoms with Crippen molar-refractivity contribution in [3.05, 3.63) is 71.3 Å². The number of ether oxygens (including phenoxy) is 1. The van der Waals surface area contributed by atoms with Crippen molar-refractivity contribution in [1.29, 1.82) is 0 Å². The van der Waals surface area contributed by atoms with E-state index in [2.05, 4.69) is 15.5 Å². The van der Waals surface area contributed by atoms with Gasteiger partial charge < -0.3 is 10.1 Å². The highest BCUT2D eigenvalue weighted by molar-refractivity contribution is 6.04. The zero-order chi connectivity index (χ0) is 23.5. The number of alkyl halides is 6.